The summed E-state index contributed by atoms with van der Waals surface area (Å²) in [4.78, 5) is 0. The van der Waals surface area contributed by atoms with Crippen LogP contribution in [0.5, 0.6) is 5.75 Å². The van der Waals surface area contributed by atoms with E-state index in [2.05, 4.69) is 45.1 Å². The lowest BCUT2D eigenvalue weighted by Crippen LogP contribution is -2.26. The minimum Gasteiger partial charge on any atom is -0.495 e. The van der Waals surface area contributed by atoms with Gasteiger partial charge in [-0.3, -0.25) is 0 Å². The van der Waals surface area contributed by atoms with Crippen LogP contribution in [0, 0.1) is 19.3 Å². The summed E-state index contributed by atoms with van der Waals surface area (Å²) in [6.45, 7) is 10.3. The molecule has 0 saturated carbocycles. The molecular formula is C15H26N2O. The molecule has 3 heteroatoms. The van der Waals surface area contributed by atoms with Crippen LogP contribution < -0.4 is 15.8 Å². The largest absolute Gasteiger partial charge is 0.495 e. The normalized spacial score (nSPS) is 11.4. The van der Waals surface area contributed by atoms with E-state index in [0.717, 1.165) is 30.9 Å². The van der Waals surface area contributed by atoms with Crippen LogP contribution in [0.25, 0.3) is 0 Å². The molecule has 3 N–H and O–H groups in total. The van der Waals surface area contributed by atoms with E-state index in [1.807, 2.05) is 0 Å². The molecule has 0 aliphatic heterocycles. The van der Waals surface area contributed by atoms with Gasteiger partial charge in [0.1, 0.15) is 5.75 Å². The zero-order valence-electron chi connectivity index (χ0n) is 12.3. The number of benzene rings is 1. The third-order valence-electron chi connectivity index (χ3n) is 3.23. The maximum atomic E-state index is 5.64. The van der Waals surface area contributed by atoms with Crippen molar-refractivity contribution in [3.8, 4) is 5.75 Å². The van der Waals surface area contributed by atoms with E-state index in [-0.39, 0.29) is 5.41 Å². The Morgan fingerprint density at radius 2 is 1.94 bits per heavy atom. The van der Waals surface area contributed by atoms with E-state index in [0.29, 0.717) is 0 Å². The van der Waals surface area contributed by atoms with Gasteiger partial charge in [0.2, 0.25) is 0 Å². The summed E-state index contributed by atoms with van der Waals surface area (Å²) in [5.41, 5.74) is 9.36. The highest BCUT2D eigenvalue weighted by molar-refractivity contribution is 5.63. The molecule has 0 aliphatic rings. The first-order valence-corrected chi connectivity index (χ1v) is 6.49. The van der Waals surface area contributed by atoms with Crippen molar-refractivity contribution in [1.82, 2.24) is 0 Å². The van der Waals surface area contributed by atoms with Crippen molar-refractivity contribution in [3.05, 3.63) is 23.3 Å². The minimum absolute atomic E-state index is 0.192. The summed E-state index contributed by atoms with van der Waals surface area (Å²) in [5, 5.41) is 3.50. The van der Waals surface area contributed by atoms with E-state index in [1.165, 1.54) is 11.1 Å². The van der Waals surface area contributed by atoms with Gasteiger partial charge in [-0.15, -0.1) is 0 Å². The van der Waals surface area contributed by atoms with Crippen LogP contribution in [0.2, 0.25) is 0 Å². The van der Waals surface area contributed by atoms with E-state index in [1.54, 1.807) is 7.11 Å². The maximum Gasteiger partial charge on any atom is 0.142 e. The number of anilines is 1. The number of aryl methyl sites for hydroxylation is 2. The molecule has 0 fully saturated rings. The molecule has 1 rings (SSSR count). The second-order valence-electron chi connectivity index (χ2n) is 5.72. The third kappa shape index (κ3) is 3.91. The van der Waals surface area contributed by atoms with Crippen molar-refractivity contribution in [2.75, 3.05) is 25.5 Å². The number of ether oxygens (including phenoxy) is 1. The molecule has 0 aromatic heterocycles. The Labute approximate surface area is 111 Å². The monoisotopic (exact) mass is 250 g/mol. The molecule has 1 aromatic rings. The second-order valence-corrected chi connectivity index (χ2v) is 5.72. The van der Waals surface area contributed by atoms with Gasteiger partial charge in [0.15, 0.2) is 0 Å². The first-order valence-electron chi connectivity index (χ1n) is 6.49. The van der Waals surface area contributed by atoms with Crippen molar-refractivity contribution in [3.63, 3.8) is 0 Å². The van der Waals surface area contributed by atoms with Crippen molar-refractivity contribution in [1.29, 1.82) is 0 Å². The number of nitrogens with one attached hydrogen (secondary N) is 1. The van der Waals surface area contributed by atoms with Crippen LogP contribution in [0.4, 0.5) is 5.69 Å². The Morgan fingerprint density at radius 1 is 1.28 bits per heavy atom. The summed E-state index contributed by atoms with van der Waals surface area (Å²) in [7, 11) is 1.71. The van der Waals surface area contributed by atoms with Crippen LogP contribution >= 0.6 is 0 Å². The zero-order chi connectivity index (χ0) is 13.8. The fraction of sp³-hybridized carbons (Fsp3) is 0.600. The fourth-order valence-corrected chi connectivity index (χ4v) is 2.12. The van der Waals surface area contributed by atoms with Gasteiger partial charge >= 0.3 is 0 Å². The van der Waals surface area contributed by atoms with Crippen molar-refractivity contribution >= 4 is 5.69 Å². The molecule has 0 bridgehead atoms. The highest BCUT2D eigenvalue weighted by atomic mass is 16.5. The number of methoxy groups -OCH3 is 1. The van der Waals surface area contributed by atoms with Crippen LogP contribution in [-0.4, -0.2) is 20.2 Å². The molecule has 1 aromatic carbocycles. The van der Waals surface area contributed by atoms with Gasteiger partial charge in [-0.2, -0.15) is 0 Å². The molecule has 0 amide bonds. The topological polar surface area (TPSA) is 47.3 Å². The molecule has 0 radical (unpaired) electrons. The van der Waals surface area contributed by atoms with Crippen LogP contribution in [0.15, 0.2) is 12.1 Å². The molecule has 0 aliphatic carbocycles. The van der Waals surface area contributed by atoms with Crippen molar-refractivity contribution in [2.24, 2.45) is 11.1 Å². The summed E-state index contributed by atoms with van der Waals surface area (Å²) >= 11 is 0. The molecular weight excluding hydrogens is 224 g/mol. The van der Waals surface area contributed by atoms with Crippen LogP contribution in [0.1, 0.15) is 31.4 Å². The first-order chi connectivity index (χ1) is 8.39. The van der Waals surface area contributed by atoms with Crippen molar-refractivity contribution < 1.29 is 4.74 Å². The van der Waals surface area contributed by atoms with E-state index >= 15 is 0 Å². The predicted molar refractivity (Wildman–Crippen MR) is 78.4 cm³/mol. The molecule has 0 unspecified atom stereocenters. The van der Waals surface area contributed by atoms with Gasteiger partial charge in [0, 0.05) is 6.54 Å². The molecule has 0 saturated heterocycles. The molecule has 3 nitrogen and oxygen atoms in total. The maximum absolute atomic E-state index is 5.64. The van der Waals surface area contributed by atoms with Crippen molar-refractivity contribution in [2.45, 2.75) is 34.1 Å². The lowest BCUT2D eigenvalue weighted by atomic mass is 9.89. The average Bonchev–Trinajstić information content (AvgIpc) is 2.26. The van der Waals surface area contributed by atoms with E-state index < -0.39 is 0 Å². The highest BCUT2D eigenvalue weighted by Gasteiger charge is 2.18. The summed E-state index contributed by atoms with van der Waals surface area (Å²) in [6, 6.07) is 4.23. The second kappa shape index (κ2) is 6.10. The fourth-order valence-electron chi connectivity index (χ4n) is 2.12. The molecule has 0 heterocycles. The van der Waals surface area contributed by atoms with Gasteiger partial charge < -0.3 is 15.8 Å². The average molecular weight is 250 g/mol. The van der Waals surface area contributed by atoms with Crippen LogP contribution in [0.3, 0.4) is 0 Å². The minimum atomic E-state index is 0.192. The predicted octanol–water partition coefficient (Wildman–Crippen LogP) is 3.10. The number of rotatable bonds is 6. The van der Waals surface area contributed by atoms with Gasteiger partial charge in [-0.1, -0.05) is 19.9 Å². The van der Waals surface area contributed by atoms with Gasteiger partial charge in [-0.05, 0) is 49.4 Å². The number of nitrogens with two attached hydrogens (primary N) is 1. The van der Waals surface area contributed by atoms with E-state index in [9.17, 15) is 0 Å². The standard InChI is InChI=1S/C15H26N2O/c1-11-8-12(2)14(13(9-11)18-5)17-10-15(3,4)6-7-16/h8-9,17H,6-7,10,16H2,1-5H3. The van der Waals surface area contributed by atoms with Gasteiger partial charge in [0.05, 0.1) is 12.8 Å². The third-order valence-corrected chi connectivity index (χ3v) is 3.23. The Hall–Kier alpha value is -1.22. The van der Waals surface area contributed by atoms with Gasteiger partial charge in [0.25, 0.3) is 0 Å². The number of hydrogen-bond acceptors (Lipinski definition) is 3. The summed E-state index contributed by atoms with van der Waals surface area (Å²) in [5.74, 6) is 0.913. The zero-order valence-corrected chi connectivity index (χ0v) is 12.3. The Morgan fingerprint density at radius 3 is 2.50 bits per heavy atom. The molecule has 0 atom stereocenters. The smallest absolute Gasteiger partial charge is 0.142 e. The molecule has 0 spiro atoms. The lowest BCUT2D eigenvalue weighted by molar-refractivity contribution is 0.363. The first kappa shape index (κ1) is 14.8. The van der Waals surface area contributed by atoms with E-state index in [4.69, 9.17) is 10.5 Å². The Bertz CT molecular complexity index is 400. The SMILES string of the molecule is COc1cc(C)cc(C)c1NCC(C)(C)CCN. The quantitative estimate of drug-likeness (QED) is 0.815. The summed E-state index contributed by atoms with van der Waals surface area (Å²) in [6.07, 6.45) is 1.01. The Kier molecular flexibility index (Phi) is 5.03. The molecule has 102 valence electrons. The summed E-state index contributed by atoms with van der Waals surface area (Å²) < 4.78 is 5.44. The van der Waals surface area contributed by atoms with Gasteiger partial charge in [-0.25, -0.2) is 0 Å². The van der Waals surface area contributed by atoms with Crippen LogP contribution in [-0.2, 0) is 0 Å². The number of hydrogen-bond donors (Lipinski definition) is 2. The Balaban J connectivity index is 2.84. The molecule has 18 heavy (non-hydrogen) atoms. The lowest BCUT2D eigenvalue weighted by Gasteiger charge is -2.26. The highest BCUT2D eigenvalue weighted by Crippen LogP contribution is 2.31.